The summed E-state index contributed by atoms with van der Waals surface area (Å²) in [6.45, 7) is 2.12. The Morgan fingerprint density at radius 2 is 1.94 bits per heavy atom. The topological polar surface area (TPSA) is 29.5 Å². The molecule has 1 fully saturated rings. The van der Waals surface area contributed by atoms with E-state index in [1.54, 1.807) is 14.0 Å². The highest BCUT2D eigenvalue weighted by Gasteiger charge is 2.24. The van der Waals surface area contributed by atoms with Gasteiger partial charge in [0.25, 0.3) is 0 Å². The number of aliphatic hydroxyl groups is 1. The highest BCUT2D eigenvalue weighted by atomic mass is 16.5. The SMILES string of the molecule is COCC(C)(O)c1ccc(C2CCC2)cc1. The smallest absolute Gasteiger partial charge is 0.110 e. The molecule has 0 aromatic heterocycles. The predicted molar refractivity (Wildman–Crippen MR) is 64.5 cm³/mol. The molecule has 1 N–H and O–H groups in total. The van der Waals surface area contributed by atoms with E-state index in [-0.39, 0.29) is 0 Å². The molecule has 1 unspecified atom stereocenters. The van der Waals surface area contributed by atoms with Crippen LogP contribution in [-0.2, 0) is 10.3 Å². The lowest BCUT2D eigenvalue weighted by Crippen LogP contribution is -2.27. The number of rotatable bonds is 4. The molecule has 0 aliphatic heterocycles. The van der Waals surface area contributed by atoms with Crippen molar-refractivity contribution in [3.63, 3.8) is 0 Å². The molecule has 1 aromatic rings. The zero-order chi connectivity index (χ0) is 11.6. The van der Waals surface area contributed by atoms with Crippen molar-refractivity contribution in [2.24, 2.45) is 0 Å². The first-order valence-electron chi connectivity index (χ1n) is 5.95. The van der Waals surface area contributed by atoms with Crippen LogP contribution in [0.15, 0.2) is 24.3 Å². The molecule has 1 saturated carbocycles. The second-order valence-corrected chi connectivity index (χ2v) is 4.96. The van der Waals surface area contributed by atoms with Crippen LogP contribution in [0.5, 0.6) is 0 Å². The highest BCUT2D eigenvalue weighted by molar-refractivity contribution is 5.29. The van der Waals surface area contributed by atoms with E-state index in [1.165, 1.54) is 24.8 Å². The van der Waals surface area contributed by atoms with Gasteiger partial charge in [0.15, 0.2) is 0 Å². The maximum atomic E-state index is 10.2. The highest BCUT2D eigenvalue weighted by Crippen LogP contribution is 2.36. The molecule has 0 radical (unpaired) electrons. The second kappa shape index (κ2) is 4.56. The van der Waals surface area contributed by atoms with Gasteiger partial charge in [-0.3, -0.25) is 0 Å². The van der Waals surface area contributed by atoms with Crippen molar-refractivity contribution in [2.75, 3.05) is 13.7 Å². The standard InChI is InChI=1S/C14H20O2/c1-14(15,10-16-2)13-8-6-12(7-9-13)11-4-3-5-11/h6-9,11,15H,3-5,10H2,1-2H3. The molecule has 16 heavy (non-hydrogen) atoms. The third-order valence-electron chi connectivity index (χ3n) is 3.53. The van der Waals surface area contributed by atoms with Crippen LogP contribution in [0.2, 0.25) is 0 Å². The lowest BCUT2D eigenvalue weighted by Gasteiger charge is -2.27. The molecule has 0 spiro atoms. The van der Waals surface area contributed by atoms with Gasteiger partial charge in [0.05, 0.1) is 6.61 Å². The summed E-state index contributed by atoms with van der Waals surface area (Å²) in [5.41, 5.74) is 1.45. The van der Waals surface area contributed by atoms with E-state index in [0.29, 0.717) is 6.61 Å². The summed E-state index contributed by atoms with van der Waals surface area (Å²) in [4.78, 5) is 0. The number of benzene rings is 1. The first-order chi connectivity index (χ1) is 7.63. The van der Waals surface area contributed by atoms with Crippen LogP contribution in [0, 0.1) is 0 Å². The molecule has 1 aromatic carbocycles. The van der Waals surface area contributed by atoms with E-state index < -0.39 is 5.60 Å². The largest absolute Gasteiger partial charge is 0.383 e. The van der Waals surface area contributed by atoms with Crippen molar-refractivity contribution in [1.82, 2.24) is 0 Å². The molecule has 88 valence electrons. The Bertz CT molecular complexity index is 336. The molecule has 0 saturated heterocycles. The fourth-order valence-corrected chi connectivity index (χ4v) is 2.22. The lowest BCUT2D eigenvalue weighted by atomic mass is 9.79. The van der Waals surface area contributed by atoms with Crippen molar-refractivity contribution in [3.05, 3.63) is 35.4 Å². The molecular formula is C14H20O2. The summed E-state index contributed by atoms with van der Waals surface area (Å²) < 4.78 is 5.02. The summed E-state index contributed by atoms with van der Waals surface area (Å²) >= 11 is 0. The molecular weight excluding hydrogens is 200 g/mol. The average Bonchev–Trinajstić information content (AvgIpc) is 2.16. The summed E-state index contributed by atoms with van der Waals surface area (Å²) in [5.74, 6) is 0.751. The Morgan fingerprint density at radius 1 is 1.31 bits per heavy atom. The minimum absolute atomic E-state index is 0.329. The van der Waals surface area contributed by atoms with Crippen molar-refractivity contribution in [2.45, 2.75) is 37.7 Å². The van der Waals surface area contributed by atoms with Gasteiger partial charge in [-0.15, -0.1) is 0 Å². The van der Waals surface area contributed by atoms with Gasteiger partial charge in [-0.2, -0.15) is 0 Å². The molecule has 0 amide bonds. The van der Waals surface area contributed by atoms with Crippen molar-refractivity contribution >= 4 is 0 Å². The van der Waals surface area contributed by atoms with Crippen LogP contribution >= 0.6 is 0 Å². The van der Waals surface area contributed by atoms with Gasteiger partial charge in [0.2, 0.25) is 0 Å². The van der Waals surface area contributed by atoms with Crippen LogP contribution in [0.3, 0.4) is 0 Å². The van der Waals surface area contributed by atoms with Crippen molar-refractivity contribution in [1.29, 1.82) is 0 Å². The van der Waals surface area contributed by atoms with Gasteiger partial charge in [0.1, 0.15) is 5.60 Å². The lowest BCUT2D eigenvalue weighted by molar-refractivity contribution is -0.0208. The number of methoxy groups -OCH3 is 1. The third-order valence-corrected chi connectivity index (χ3v) is 3.53. The van der Waals surface area contributed by atoms with E-state index in [4.69, 9.17) is 4.74 Å². The predicted octanol–water partition coefficient (Wildman–Crippen LogP) is 2.81. The molecule has 1 aliphatic rings. The van der Waals surface area contributed by atoms with Gasteiger partial charge in [0, 0.05) is 7.11 Å². The van der Waals surface area contributed by atoms with Gasteiger partial charge in [-0.25, -0.2) is 0 Å². The molecule has 1 atom stereocenters. The second-order valence-electron chi connectivity index (χ2n) is 4.96. The Hall–Kier alpha value is -0.860. The van der Waals surface area contributed by atoms with E-state index in [9.17, 15) is 5.11 Å². The van der Waals surface area contributed by atoms with Crippen LogP contribution in [-0.4, -0.2) is 18.8 Å². The minimum atomic E-state index is -0.882. The first-order valence-corrected chi connectivity index (χ1v) is 5.95. The summed E-state index contributed by atoms with van der Waals surface area (Å²) in [6.07, 6.45) is 3.98. The Balaban J connectivity index is 2.11. The normalized spacial score (nSPS) is 20.2. The van der Waals surface area contributed by atoms with E-state index in [1.807, 2.05) is 12.1 Å². The van der Waals surface area contributed by atoms with Crippen LogP contribution in [0.1, 0.15) is 43.2 Å². The van der Waals surface area contributed by atoms with Gasteiger partial charge in [-0.05, 0) is 36.8 Å². The van der Waals surface area contributed by atoms with Crippen LogP contribution in [0.25, 0.3) is 0 Å². The first kappa shape index (κ1) is 11.6. The summed E-state index contributed by atoms with van der Waals surface area (Å²) in [6, 6.07) is 8.33. The van der Waals surface area contributed by atoms with Gasteiger partial charge < -0.3 is 9.84 Å². The van der Waals surface area contributed by atoms with Crippen molar-refractivity contribution in [3.8, 4) is 0 Å². The Morgan fingerprint density at radius 3 is 2.38 bits per heavy atom. The maximum absolute atomic E-state index is 10.2. The Kier molecular flexibility index (Phi) is 3.31. The molecule has 0 bridgehead atoms. The number of hydrogen-bond donors (Lipinski definition) is 1. The fraction of sp³-hybridized carbons (Fsp3) is 0.571. The quantitative estimate of drug-likeness (QED) is 0.845. The molecule has 0 heterocycles. The molecule has 1 aliphatic carbocycles. The number of hydrogen-bond acceptors (Lipinski definition) is 2. The van der Waals surface area contributed by atoms with Crippen molar-refractivity contribution < 1.29 is 9.84 Å². The average molecular weight is 220 g/mol. The summed E-state index contributed by atoms with van der Waals surface area (Å²) in [5, 5.41) is 10.2. The van der Waals surface area contributed by atoms with Crippen LogP contribution < -0.4 is 0 Å². The molecule has 2 rings (SSSR count). The monoisotopic (exact) mass is 220 g/mol. The van der Waals surface area contributed by atoms with E-state index in [2.05, 4.69) is 12.1 Å². The van der Waals surface area contributed by atoms with Gasteiger partial charge in [-0.1, -0.05) is 30.7 Å². The van der Waals surface area contributed by atoms with E-state index in [0.717, 1.165) is 11.5 Å². The maximum Gasteiger partial charge on any atom is 0.110 e. The third kappa shape index (κ3) is 2.28. The van der Waals surface area contributed by atoms with E-state index >= 15 is 0 Å². The van der Waals surface area contributed by atoms with Crippen LogP contribution in [0.4, 0.5) is 0 Å². The Labute approximate surface area is 97.3 Å². The molecule has 2 nitrogen and oxygen atoms in total. The number of ether oxygens (including phenoxy) is 1. The summed E-state index contributed by atoms with van der Waals surface area (Å²) in [7, 11) is 1.61. The minimum Gasteiger partial charge on any atom is -0.383 e. The zero-order valence-corrected chi connectivity index (χ0v) is 10.1. The molecule has 2 heteroatoms. The zero-order valence-electron chi connectivity index (χ0n) is 10.1. The fourth-order valence-electron chi connectivity index (χ4n) is 2.22. The van der Waals surface area contributed by atoms with Gasteiger partial charge >= 0.3 is 0 Å².